The second-order valence-corrected chi connectivity index (χ2v) is 10.0. The number of nitrogens with zero attached hydrogens (tertiary/aromatic N) is 3. The average Bonchev–Trinajstić information content (AvgIpc) is 3.32. The van der Waals surface area contributed by atoms with Crippen LogP contribution in [0.5, 0.6) is 0 Å². The number of aromatic nitrogens is 2. The van der Waals surface area contributed by atoms with Gasteiger partial charge in [-0.1, -0.05) is 32.9 Å². The van der Waals surface area contributed by atoms with Crippen molar-refractivity contribution in [3.05, 3.63) is 23.9 Å². The van der Waals surface area contributed by atoms with Gasteiger partial charge in [0, 0.05) is 37.0 Å². The van der Waals surface area contributed by atoms with E-state index in [0.717, 1.165) is 30.4 Å². The number of likely N-dealkylation sites (tertiary alicyclic amines) is 1. The number of hydrogen-bond acceptors (Lipinski definition) is 3. The monoisotopic (exact) mass is 424 g/mol. The number of anilines is 1. The number of rotatable bonds is 2. The summed E-state index contributed by atoms with van der Waals surface area (Å²) >= 11 is 0. The summed E-state index contributed by atoms with van der Waals surface area (Å²) in [4.78, 5) is 14.7. The summed E-state index contributed by atoms with van der Waals surface area (Å²) in [5.41, 5.74) is 0.352. The minimum Gasteiger partial charge on any atom is -0.367 e. The van der Waals surface area contributed by atoms with Gasteiger partial charge in [-0.05, 0) is 37.5 Å². The molecule has 166 valence electrons. The van der Waals surface area contributed by atoms with Gasteiger partial charge in [0.05, 0.1) is 5.69 Å². The fourth-order valence-corrected chi connectivity index (χ4v) is 4.84. The zero-order valence-corrected chi connectivity index (χ0v) is 17.9. The van der Waals surface area contributed by atoms with Crippen LogP contribution in [0.25, 0.3) is 0 Å². The molecule has 1 aromatic heterocycles. The van der Waals surface area contributed by atoms with Gasteiger partial charge in [0.1, 0.15) is 5.82 Å². The molecule has 4 rings (SSSR count). The fourth-order valence-electron chi connectivity index (χ4n) is 4.84. The van der Waals surface area contributed by atoms with Gasteiger partial charge in [0.15, 0.2) is 6.04 Å². The Morgan fingerprint density at radius 3 is 2.60 bits per heavy atom. The molecule has 1 fully saturated rings. The van der Waals surface area contributed by atoms with Crippen molar-refractivity contribution in [1.82, 2.24) is 14.7 Å². The van der Waals surface area contributed by atoms with E-state index >= 15 is 0 Å². The van der Waals surface area contributed by atoms with Crippen molar-refractivity contribution in [3.8, 4) is 0 Å². The molecule has 0 spiro atoms. The molecule has 1 saturated heterocycles. The first-order chi connectivity index (χ1) is 14.0. The van der Waals surface area contributed by atoms with E-state index < -0.39 is 12.2 Å². The van der Waals surface area contributed by atoms with Crippen LogP contribution in [0, 0.1) is 11.3 Å². The highest BCUT2D eigenvalue weighted by Crippen LogP contribution is 2.44. The number of carbonyl (C=O) groups excluding carboxylic acids is 1. The summed E-state index contributed by atoms with van der Waals surface area (Å²) < 4.78 is 42.5. The second-order valence-electron chi connectivity index (χ2n) is 10.0. The Morgan fingerprint density at radius 1 is 1.20 bits per heavy atom. The molecule has 0 radical (unpaired) electrons. The molecule has 1 amide bonds. The lowest BCUT2D eigenvalue weighted by molar-refractivity contribution is -0.175. The number of nitrogens with one attached hydrogen (secondary N) is 1. The molecule has 8 heteroatoms. The molecule has 0 unspecified atom stereocenters. The van der Waals surface area contributed by atoms with Crippen molar-refractivity contribution in [1.29, 1.82) is 0 Å². The van der Waals surface area contributed by atoms with Gasteiger partial charge in [-0.3, -0.25) is 4.79 Å². The summed E-state index contributed by atoms with van der Waals surface area (Å²) in [7, 11) is 0. The Labute approximate surface area is 175 Å². The molecule has 3 aliphatic rings. The Kier molecular flexibility index (Phi) is 5.39. The second kappa shape index (κ2) is 7.61. The van der Waals surface area contributed by atoms with Crippen LogP contribution in [-0.4, -0.2) is 45.9 Å². The summed E-state index contributed by atoms with van der Waals surface area (Å²) in [5, 5.41) is 7.67. The van der Waals surface area contributed by atoms with Crippen LogP contribution >= 0.6 is 0 Å². The third kappa shape index (κ3) is 4.10. The summed E-state index contributed by atoms with van der Waals surface area (Å²) in [6.45, 7) is 7.03. The number of alkyl halides is 3. The van der Waals surface area contributed by atoms with E-state index in [9.17, 15) is 18.0 Å². The first-order valence-corrected chi connectivity index (χ1v) is 10.9. The van der Waals surface area contributed by atoms with E-state index in [-0.39, 0.29) is 35.6 Å². The third-order valence-corrected chi connectivity index (χ3v) is 6.79. The predicted molar refractivity (Wildman–Crippen MR) is 109 cm³/mol. The number of carbonyl (C=O) groups is 1. The topological polar surface area (TPSA) is 50.2 Å². The minimum atomic E-state index is -4.35. The van der Waals surface area contributed by atoms with Crippen molar-refractivity contribution in [2.24, 2.45) is 11.3 Å². The molecule has 4 atom stereocenters. The number of amides is 1. The van der Waals surface area contributed by atoms with Gasteiger partial charge in [0.25, 0.3) is 0 Å². The SMILES string of the molecule is CC(C)(C)[C@@H]1C[C@H](C(F)(F)F)n2nc([C@@H]3CCN(C(=O)[C@H]4CC=CCC4)C3)cc2N1. The molecule has 0 aromatic carbocycles. The van der Waals surface area contributed by atoms with Crippen LogP contribution in [0.2, 0.25) is 0 Å². The maximum Gasteiger partial charge on any atom is 0.410 e. The van der Waals surface area contributed by atoms with Crippen LogP contribution in [-0.2, 0) is 4.79 Å². The number of fused-ring (bicyclic) bond motifs is 1. The highest BCUT2D eigenvalue weighted by atomic mass is 19.4. The molecule has 1 N–H and O–H groups in total. The number of allylic oxidation sites excluding steroid dienone is 2. The molecule has 3 heterocycles. The van der Waals surface area contributed by atoms with Gasteiger partial charge in [-0.2, -0.15) is 18.3 Å². The fraction of sp³-hybridized carbons (Fsp3) is 0.727. The predicted octanol–water partition coefficient (Wildman–Crippen LogP) is 4.89. The van der Waals surface area contributed by atoms with Crippen LogP contribution in [0.15, 0.2) is 18.2 Å². The molecular formula is C22H31F3N4O. The number of hydrogen-bond donors (Lipinski definition) is 1. The van der Waals surface area contributed by atoms with E-state index in [1.54, 1.807) is 6.07 Å². The van der Waals surface area contributed by atoms with E-state index in [0.29, 0.717) is 24.6 Å². The van der Waals surface area contributed by atoms with Gasteiger partial charge in [0.2, 0.25) is 5.91 Å². The van der Waals surface area contributed by atoms with Crippen LogP contribution in [0.3, 0.4) is 0 Å². The molecule has 2 aliphatic heterocycles. The van der Waals surface area contributed by atoms with E-state index in [2.05, 4.69) is 22.6 Å². The van der Waals surface area contributed by atoms with Crippen molar-refractivity contribution < 1.29 is 18.0 Å². The lowest BCUT2D eigenvalue weighted by Gasteiger charge is -2.39. The molecule has 1 aromatic rings. The third-order valence-electron chi connectivity index (χ3n) is 6.79. The highest BCUT2D eigenvalue weighted by Gasteiger charge is 2.48. The molecular weight excluding hydrogens is 393 g/mol. The van der Waals surface area contributed by atoms with Crippen LogP contribution in [0.1, 0.15) is 70.5 Å². The molecule has 30 heavy (non-hydrogen) atoms. The van der Waals surface area contributed by atoms with E-state index in [1.807, 2.05) is 25.7 Å². The van der Waals surface area contributed by atoms with Crippen molar-refractivity contribution in [2.75, 3.05) is 18.4 Å². The Hall–Kier alpha value is -1.99. The van der Waals surface area contributed by atoms with Crippen molar-refractivity contribution in [2.45, 2.75) is 77.1 Å². The maximum atomic E-state index is 13.8. The largest absolute Gasteiger partial charge is 0.410 e. The maximum absolute atomic E-state index is 13.8. The van der Waals surface area contributed by atoms with Gasteiger partial charge < -0.3 is 10.2 Å². The first kappa shape index (κ1) is 21.2. The van der Waals surface area contributed by atoms with Crippen LogP contribution in [0.4, 0.5) is 19.0 Å². The summed E-state index contributed by atoms with van der Waals surface area (Å²) in [6, 6.07) is -0.152. The van der Waals surface area contributed by atoms with Gasteiger partial charge in [-0.25, -0.2) is 4.68 Å². The lowest BCUT2D eigenvalue weighted by atomic mass is 9.82. The van der Waals surface area contributed by atoms with Crippen LogP contribution < -0.4 is 5.32 Å². The standard InChI is InChI=1S/C22H31F3N4O/c1-21(2,3)17-12-18(22(23,24)25)29-19(26-17)11-16(27-29)15-9-10-28(13-15)20(30)14-7-5-4-6-8-14/h4-5,11,14-15,17-18,26H,6-10,12-13H2,1-3H3/t14-,15+,17-,18+/m0/s1. The molecule has 5 nitrogen and oxygen atoms in total. The average molecular weight is 425 g/mol. The molecule has 0 saturated carbocycles. The highest BCUT2D eigenvalue weighted by molar-refractivity contribution is 5.79. The lowest BCUT2D eigenvalue weighted by Crippen LogP contribution is -2.44. The summed E-state index contributed by atoms with van der Waals surface area (Å²) in [5.74, 6) is 0.619. The Bertz CT molecular complexity index is 823. The van der Waals surface area contributed by atoms with Gasteiger partial charge >= 0.3 is 6.18 Å². The zero-order chi connectivity index (χ0) is 21.7. The smallest absolute Gasteiger partial charge is 0.367 e. The Balaban J connectivity index is 1.52. The zero-order valence-electron chi connectivity index (χ0n) is 17.9. The Morgan fingerprint density at radius 2 is 1.97 bits per heavy atom. The summed E-state index contributed by atoms with van der Waals surface area (Å²) in [6.07, 6.45) is 3.12. The molecule has 0 bridgehead atoms. The van der Waals surface area contributed by atoms with E-state index in [4.69, 9.17) is 0 Å². The normalized spacial score (nSPS) is 29.6. The number of halogens is 3. The quantitative estimate of drug-likeness (QED) is 0.688. The van der Waals surface area contributed by atoms with E-state index in [1.165, 1.54) is 0 Å². The minimum absolute atomic E-state index is 0.0186. The van der Waals surface area contributed by atoms with Crippen molar-refractivity contribution in [3.63, 3.8) is 0 Å². The first-order valence-electron chi connectivity index (χ1n) is 10.9. The van der Waals surface area contributed by atoms with Crippen molar-refractivity contribution >= 4 is 11.7 Å². The molecule has 1 aliphatic carbocycles. The van der Waals surface area contributed by atoms with Gasteiger partial charge in [-0.15, -0.1) is 0 Å².